The highest BCUT2D eigenvalue weighted by atomic mass is 19.4. The molecule has 0 atom stereocenters. The number of esters is 1. The maximum atomic E-state index is 11.8. The molecule has 0 saturated carbocycles. The van der Waals surface area contributed by atoms with Crippen molar-refractivity contribution in [3.63, 3.8) is 0 Å². The third-order valence-electron chi connectivity index (χ3n) is 1.98. The molecule has 0 radical (unpaired) electrons. The summed E-state index contributed by atoms with van der Waals surface area (Å²) in [5.41, 5.74) is -0.722. The van der Waals surface area contributed by atoms with Gasteiger partial charge in [0, 0.05) is 11.5 Å². The quantitative estimate of drug-likeness (QED) is 0.438. The number of rotatable bonds is 2. The Bertz CT molecular complexity index is 472. The fourth-order valence-electron chi connectivity index (χ4n) is 1.11. The van der Waals surface area contributed by atoms with E-state index in [-0.39, 0.29) is 6.54 Å². The van der Waals surface area contributed by atoms with Gasteiger partial charge in [-0.25, -0.2) is 4.79 Å². The molecule has 0 rings (SSSR count). The van der Waals surface area contributed by atoms with Gasteiger partial charge in [-0.15, -0.1) is 6.42 Å². The Kier molecular flexibility index (Phi) is 6.12. The molecule has 4 nitrogen and oxygen atoms in total. The second-order valence-electron chi connectivity index (χ2n) is 4.64. The summed E-state index contributed by atoms with van der Waals surface area (Å²) in [6.07, 6.45) is 0.421. The molecule has 0 aliphatic rings. The van der Waals surface area contributed by atoms with Crippen LogP contribution in [0.4, 0.5) is 13.2 Å². The lowest BCUT2D eigenvalue weighted by Gasteiger charge is -2.33. The first-order chi connectivity index (χ1) is 8.99. The van der Waals surface area contributed by atoms with Crippen LogP contribution in [0, 0.1) is 24.2 Å². The molecular weight excluding hydrogens is 275 g/mol. The Morgan fingerprint density at radius 1 is 1.25 bits per heavy atom. The van der Waals surface area contributed by atoms with Crippen molar-refractivity contribution < 1.29 is 27.5 Å². The van der Waals surface area contributed by atoms with Crippen molar-refractivity contribution in [2.24, 2.45) is 0 Å². The molecular formula is C13H14F3NO3. The normalized spacial score (nSPS) is 10.8. The summed E-state index contributed by atoms with van der Waals surface area (Å²) < 4.78 is 39.5. The Morgan fingerprint density at radius 3 is 2.20 bits per heavy atom. The number of alkyl halides is 3. The van der Waals surface area contributed by atoms with Crippen molar-refractivity contribution in [3.05, 3.63) is 0 Å². The third kappa shape index (κ3) is 6.69. The molecule has 0 fully saturated rings. The summed E-state index contributed by atoms with van der Waals surface area (Å²) in [6.45, 7) is 4.01. The first kappa shape index (κ1) is 17.8. The Balaban J connectivity index is 4.65. The van der Waals surface area contributed by atoms with E-state index in [1.165, 1.54) is 0 Å². The second kappa shape index (κ2) is 6.85. The number of hydrogen-bond acceptors (Lipinski definition) is 3. The fourth-order valence-corrected chi connectivity index (χ4v) is 1.11. The lowest BCUT2D eigenvalue weighted by atomic mass is 10.1. The number of ether oxygens (including phenoxy) is 1. The van der Waals surface area contributed by atoms with Crippen LogP contribution in [0.3, 0.4) is 0 Å². The van der Waals surface area contributed by atoms with Crippen LogP contribution in [-0.2, 0) is 14.3 Å². The summed E-state index contributed by atoms with van der Waals surface area (Å²) in [6, 6.07) is 0. The molecule has 0 aromatic carbocycles. The molecule has 110 valence electrons. The van der Waals surface area contributed by atoms with Gasteiger partial charge in [-0.05, 0) is 20.8 Å². The van der Waals surface area contributed by atoms with Gasteiger partial charge in [-0.2, -0.15) is 13.2 Å². The van der Waals surface area contributed by atoms with E-state index in [1.807, 2.05) is 0 Å². The maximum absolute atomic E-state index is 11.8. The van der Waals surface area contributed by atoms with Crippen LogP contribution in [-0.4, -0.2) is 41.6 Å². The molecule has 0 aliphatic carbocycles. The molecule has 0 heterocycles. The molecule has 0 aromatic rings. The number of amides is 1. The number of carbonyl (C=O) groups excluding carboxylic acids is 2. The van der Waals surface area contributed by atoms with Gasteiger partial charge in [-0.1, -0.05) is 11.8 Å². The van der Waals surface area contributed by atoms with E-state index in [0.29, 0.717) is 0 Å². The summed E-state index contributed by atoms with van der Waals surface area (Å²) >= 11 is 0. The Labute approximate surface area is 115 Å². The van der Waals surface area contributed by atoms with Gasteiger partial charge in [0.15, 0.2) is 6.61 Å². The summed E-state index contributed by atoms with van der Waals surface area (Å²) in [5, 5.41) is 0. The van der Waals surface area contributed by atoms with Gasteiger partial charge in [0.1, 0.15) is 0 Å². The van der Waals surface area contributed by atoms with Crippen LogP contribution < -0.4 is 0 Å². The lowest BCUT2D eigenvalue weighted by Crippen LogP contribution is -2.49. The van der Waals surface area contributed by atoms with Crippen molar-refractivity contribution >= 4 is 11.9 Å². The first-order valence-corrected chi connectivity index (χ1v) is 5.48. The Hall–Kier alpha value is -2.15. The van der Waals surface area contributed by atoms with E-state index >= 15 is 0 Å². The molecule has 0 aliphatic heterocycles. The van der Waals surface area contributed by atoms with E-state index in [1.54, 1.807) is 26.7 Å². The molecule has 7 heteroatoms. The van der Waals surface area contributed by atoms with Gasteiger partial charge < -0.3 is 9.64 Å². The average Bonchev–Trinajstić information content (AvgIpc) is 2.27. The molecule has 1 amide bonds. The summed E-state index contributed by atoms with van der Waals surface area (Å²) in [4.78, 5) is 24.2. The maximum Gasteiger partial charge on any atom is 0.457 e. The first-order valence-electron chi connectivity index (χ1n) is 5.48. The van der Waals surface area contributed by atoms with Crippen molar-refractivity contribution in [2.45, 2.75) is 32.5 Å². The van der Waals surface area contributed by atoms with Crippen LogP contribution in [0.1, 0.15) is 20.8 Å². The molecule has 0 aromatic heterocycles. The smallest absolute Gasteiger partial charge is 0.445 e. The number of hydrogen-bond donors (Lipinski definition) is 0. The molecule has 0 spiro atoms. The number of terminal acetylenes is 1. The van der Waals surface area contributed by atoms with Gasteiger partial charge >= 0.3 is 18.1 Å². The SMILES string of the molecule is C#CCN(C(=O)C(=O)OCC#CC(F)(F)F)C(C)(C)C. The predicted molar refractivity (Wildman–Crippen MR) is 65.1 cm³/mol. The minimum absolute atomic E-state index is 0.119. The van der Waals surface area contributed by atoms with Crippen LogP contribution in [0.25, 0.3) is 0 Å². The van der Waals surface area contributed by atoms with Crippen molar-refractivity contribution in [3.8, 4) is 24.2 Å². The minimum Gasteiger partial charge on any atom is -0.445 e. The fraction of sp³-hybridized carbons (Fsp3) is 0.538. The van der Waals surface area contributed by atoms with E-state index < -0.39 is 30.2 Å². The Morgan fingerprint density at radius 2 is 1.80 bits per heavy atom. The molecule has 0 bridgehead atoms. The number of nitrogens with zero attached hydrogens (tertiary/aromatic N) is 1. The van der Waals surface area contributed by atoms with E-state index in [2.05, 4.69) is 10.7 Å². The highest BCUT2D eigenvalue weighted by Gasteiger charge is 2.31. The van der Waals surface area contributed by atoms with Crippen LogP contribution in [0.2, 0.25) is 0 Å². The monoisotopic (exact) mass is 289 g/mol. The molecule has 0 N–H and O–H groups in total. The zero-order chi connectivity index (χ0) is 16.0. The number of halogens is 3. The largest absolute Gasteiger partial charge is 0.457 e. The zero-order valence-electron chi connectivity index (χ0n) is 11.3. The highest BCUT2D eigenvalue weighted by molar-refractivity contribution is 6.32. The molecule has 0 saturated heterocycles. The van der Waals surface area contributed by atoms with E-state index in [9.17, 15) is 22.8 Å². The highest BCUT2D eigenvalue weighted by Crippen LogP contribution is 2.13. The summed E-state index contributed by atoms with van der Waals surface area (Å²) in [7, 11) is 0. The second-order valence-corrected chi connectivity index (χ2v) is 4.64. The standard InChI is InChI=1S/C13H14F3NO3/c1-5-8-17(12(2,3)4)10(18)11(19)20-9-6-7-13(14,15)16/h1H,8-9H2,2-4H3. The van der Waals surface area contributed by atoms with Gasteiger partial charge in [0.05, 0.1) is 6.54 Å². The third-order valence-corrected chi connectivity index (χ3v) is 1.98. The molecule has 20 heavy (non-hydrogen) atoms. The van der Waals surface area contributed by atoms with Gasteiger partial charge in [0.25, 0.3) is 0 Å². The van der Waals surface area contributed by atoms with Crippen molar-refractivity contribution in [1.29, 1.82) is 0 Å². The predicted octanol–water partition coefficient (Wildman–Crippen LogP) is 1.36. The zero-order valence-corrected chi connectivity index (χ0v) is 11.3. The van der Waals surface area contributed by atoms with Gasteiger partial charge in [0.2, 0.25) is 0 Å². The minimum atomic E-state index is -4.67. The summed E-state index contributed by atoms with van der Waals surface area (Å²) in [5.74, 6) is 2.40. The van der Waals surface area contributed by atoms with E-state index in [0.717, 1.165) is 10.8 Å². The van der Waals surface area contributed by atoms with Crippen LogP contribution in [0.5, 0.6) is 0 Å². The van der Waals surface area contributed by atoms with Crippen LogP contribution >= 0.6 is 0 Å². The number of carbonyl (C=O) groups is 2. The lowest BCUT2D eigenvalue weighted by molar-refractivity contribution is -0.161. The van der Waals surface area contributed by atoms with Crippen molar-refractivity contribution in [2.75, 3.05) is 13.2 Å². The average molecular weight is 289 g/mol. The topological polar surface area (TPSA) is 46.6 Å². The molecule has 0 unspecified atom stereocenters. The van der Waals surface area contributed by atoms with Crippen molar-refractivity contribution in [1.82, 2.24) is 4.90 Å². The van der Waals surface area contributed by atoms with Gasteiger partial charge in [-0.3, -0.25) is 4.79 Å². The van der Waals surface area contributed by atoms with E-state index in [4.69, 9.17) is 6.42 Å². The van der Waals surface area contributed by atoms with Crippen LogP contribution in [0.15, 0.2) is 0 Å².